The van der Waals surface area contributed by atoms with Gasteiger partial charge >= 0.3 is 0 Å². The van der Waals surface area contributed by atoms with E-state index in [9.17, 15) is 14.0 Å². The second kappa shape index (κ2) is 7.15. The second-order valence-corrected chi connectivity index (χ2v) is 6.67. The third-order valence-corrected chi connectivity index (χ3v) is 4.64. The topological polar surface area (TPSA) is 62.3 Å². The van der Waals surface area contributed by atoms with Crippen LogP contribution in [0.3, 0.4) is 0 Å². The Kier molecular flexibility index (Phi) is 4.54. The van der Waals surface area contributed by atoms with Crippen molar-refractivity contribution in [2.45, 2.75) is 19.0 Å². The number of pyridine rings is 1. The molecule has 2 aromatic carbocycles. The van der Waals surface area contributed by atoms with Crippen LogP contribution in [0.25, 0.3) is 10.9 Å². The summed E-state index contributed by atoms with van der Waals surface area (Å²) in [7, 11) is 0. The van der Waals surface area contributed by atoms with Crippen molar-refractivity contribution < 1.29 is 14.0 Å². The smallest absolute Gasteiger partial charge is 0.270 e. The highest BCUT2D eigenvalue weighted by molar-refractivity contribution is 5.95. The quantitative estimate of drug-likeness (QED) is 0.775. The van der Waals surface area contributed by atoms with Crippen LogP contribution < -0.4 is 5.32 Å². The van der Waals surface area contributed by atoms with Gasteiger partial charge in [-0.05, 0) is 29.8 Å². The minimum absolute atomic E-state index is 0.0592. The van der Waals surface area contributed by atoms with E-state index in [-0.39, 0.29) is 30.1 Å². The van der Waals surface area contributed by atoms with Gasteiger partial charge in [-0.1, -0.05) is 36.4 Å². The minimum Gasteiger partial charge on any atom is -0.346 e. The third-order valence-electron chi connectivity index (χ3n) is 4.64. The summed E-state index contributed by atoms with van der Waals surface area (Å²) >= 11 is 0. The van der Waals surface area contributed by atoms with Gasteiger partial charge in [0.15, 0.2) is 0 Å². The Labute approximate surface area is 155 Å². The van der Waals surface area contributed by atoms with Gasteiger partial charge in [0, 0.05) is 24.9 Å². The molecule has 0 spiro atoms. The number of hydrogen-bond acceptors (Lipinski definition) is 3. The molecular formula is C21H18FN3O2. The van der Waals surface area contributed by atoms with Crippen molar-refractivity contribution in [3.8, 4) is 0 Å². The van der Waals surface area contributed by atoms with Gasteiger partial charge in [-0.15, -0.1) is 0 Å². The molecule has 6 heteroatoms. The van der Waals surface area contributed by atoms with Crippen LogP contribution in [0, 0.1) is 5.82 Å². The SMILES string of the molecule is O=C(NC1CC(=O)N(Cc2cccc(F)c2)C1)c1ccc2ccccc2n1. The molecular weight excluding hydrogens is 345 g/mol. The molecule has 0 saturated carbocycles. The van der Waals surface area contributed by atoms with Gasteiger partial charge in [-0.25, -0.2) is 9.37 Å². The fourth-order valence-corrected chi connectivity index (χ4v) is 3.33. The monoisotopic (exact) mass is 363 g/mol. The molecule has 0 bridgehead atoms. The van der Waals surface area contributed by atoms with Crippen LogP contribution in [0.5, 0.6) is 0 Å². The zero-order valence-electron chi connectivity index (χ0n) is 14.6. The predicted molar refractivity (Wildman–Crippen MR) is 99.4 cm³/mol. The predicted octanol–water partition coefficient (Wildman–Crippen LogP) is 2.90. The lowest BCUT2D eigenvalue weighted by atomic mass is 10.2. The molecule has 2 heterocycles. The van der Waals surface area contributed by atoms with Gasteiger partial charge in [-0.3, -0.25) is 9.59 Å². The highest BCUT2D eigenvalue weighted by Crippen LogP contribution is 2.17. The van der Waals surface area contributed by atoms with E-state index in [4.69, 9.17) is 0 Å². The molecule has 1 N–H and O–H groups in total. The number of aromatic nitrogens is 1. The normalized spacial score (nSPS) is 16.7. The Bertz CT molecular complexity index is 1020. The number of para-hydroxylation sites is 1. The fraction of sp³-hybridized carbons (Fsp3) is 0.190. The number of carbonyl (C=O) groups is 2. The first-order valence-electron chi connectivity index (χ1n) is 8.77. The van der Waals surface area contributed by atoms with Crippen molar-refractivity contribution in [3.63, 3.8) is 0 Å². The zero-order chi connectivity index (χ0) is 18.8. The van der Waals surface area contributed by atoms with Crippen LogP contribution in [0.1, 0.15) is 22.5 Å². The van der Waals surface area contributed by atoms with Crippen LogP contribution in [0.4, 0.5) is 4.39 Å². The van der Waals surface area contributed by atoms with Gasteiger partial charge < -0.3 is 10.2 Å². The Morgan fingerprint density at radius 2 is 2.00 bits per heavy atom. The first kappa shape index (κ1) is 17.1. The van der Waals surface area contributed by atoms with E-state index in [0.29, 0.717) is 18.8 Å². The van der Waals surface area contributed by atoms with Crippen LogP contribution in [0.15, 0.2) is 60.7 Å². The molecule has 1 unspecified atom stereocenters. The molecule has 3 aromatic rings. The van der Waals surface area contributed by atoms with Gasteiger partial charge in [0.1, 0.15) is 11.5 Å². The van der Waals surface area contributed by atoms with Crippen molar-refractivity contribution in [1.82, 2.24) is 15.2 Å². The van der Waals surface area contributed by atoms with E-state index >= 15 is 0 Å². The Morgan fingerprint density at radius 1 is 1.15 bits per heavy atom. The van der Waals surface area contributed by atoms with Crippen molar-refractivity contribution in [1.29, 1.82) is 0 Å². The largest absolute Gasteiger partial charge is 0.346 e. The maximum absolute atomic E-state index is 13.3. The number of nitrogens with one attached hydrogen (secondary N) is 1. The van der Waals surface area contributed by atoms with E-state index in [1.165, 1.54) is 12.1 Å². The van der Waals surface area contributed by atoms with E-state index in [0.717, 1.165) is 16.5 Å². The number of nitrogens with zero attached hydrogens (tertiary/aromatic N) is 2. The van der Waals surface area contributed by atoms with Crippen molar-refractivity contribution in [2.24, 2.45) is 0 Å². The molecule has 1 aliphatic rings. The summed E-state index contributed by atoms with van der Waals surface area (Å²) in [6.45, 7) is 0.728. The van der Waals surface area contributed by atoms with Crippen LogP contribution >= 0.6 is 0 Å². The maximum atomic E-state index is 13.3. The first-order chi connectivity index (χ1) is 13.1. The Balaban J connectivity index is 1.42. The first-order valence-corrected chi connectivity index (χ1v) is 8.77. The van der Waals surface area contributed by atoms with Crippen LogP contribution in [-0.4, -0.2) is 34.3 Å². The fourth-order valence-electron chi connectivity index (χ4n) is 3.33. The number of amides is 2. The van der Waals surface area contributed by atoms with Crippen LogP contribution in [-0.2, 0) is 11.3 Å². The van der Waals surface area contributed by atoms with Gasteiger partial charge in [0.25, 0.3) is 5.91 Å². The number of fused-ring (bicyclic) bond motifs is 1. The van der Waals surface area contributed by atoms with Gasteiger partial charge in [0.2, 0.25) is 5.91 Å². The van der Waals surface area contributed by atoms with Gasteiger partial charge in [0.05, 0.1) is 11.6 Å². The summed E-state index contributed by atoms with van der Waals surface area (Å²) < 4.78 is 13.3. The number of carbonyl (C=O) groups excluding carboxylic acids is 2. The molecule has 1 fully saturated rings. The van der Waals surface area contributed by atoms with E-state index in [1.807, 2.05) is 30.3 Å². The molecule has 136 valence electrons. The molecule has 1 aliphatic heterocycles. The van der Waals surface area contributed by atoms with Gasteiger partial charge in [-0.2, -0.15) is 0 Å². The van der Waals surface area contributed by atoms with Crippen LogP contribution in [0.2, 0.25) is 0 Å². The summed E-state index contributed by atoms with van der Waals surface area (Å²) in [5, 5.41) is 3.84. The molecule has 1 aromatic heterocycles. The van der Waals surface area contributed by atoms with Crippen molar-refractivity contribution >= 4 is 22.7 Å². The molecule has 1 saturated heterocycles. The lowest BCUT2D eigenvalue weighted by Gasteiger charge is -2.17. The molecule has 1 atom stereocenters. The number of rotatable bonds is 4. The number of likely N-dealkylation sites (tertiary alicyclic amines) is 1. The summed E-state index contributed by atoms with van der Waals surface area (Å²) in [5.74, 6) is -0.687. The number of hydrogen-bond donors (Lipinski definition) is 1. The van der Waals surface area contributed by atoms with E-state index in [2.05, 4.69) is 10.3 Å². The van der Waals surface area contributed by atoms with Crippen molar-refractivity contribution in [2.75, 3.05) is 6.54 Å². The average molecular weight is 363 g/mol. The molecule has 5 nitrogen and oxygen atoms in total. The van der Waals surface area contributed by atoms with E-state index in [1.54, 1.807) is 23.1 Å². The maximum Gasteiger partial charge on any atom is 0.270 e. The number of benzene rings is 2. The third kappa shape index (κ3) is 3.79. The Morgan fingerprint density at radius 3 is 2.85 bits per heavy atom. The number of halogens is 1. The highest BCUT2D eigenvalue weighted by atomic mass is 19.1. The summed E-state index contributed by atoms with van der Waals surface area (Å²) in [4.78, 5) is 30.8. The van der Waals surface area contributed by atoms with E-state index < -0.39 is 0 Å². The lowest BCUT2D eigenvalue weighted by molar-refractivity contribution is -0.128. The van der Waals surface area contributed by atoms with Crippen molar-refractivity contribution in [3.05, 3.63) is 77.7 Å². The summed E-state index contributed by atoms with van der Waals surface area (Å²) in [6.07, 6.45) is 0.231. The summed E-state index contributed by atoms with van der Waals surface area (Å²) in [6, 6.07) is 17.0. The summed E-state index contributed by atoms with van der Waals surface area (Å²) in [5.41, 5.74) is 1.80. The molecule has 27 heavy (non-hydrogen) atoms. The minimum atomic E-state index is -0.327. The highest BCUT2D eigenvalue weighted by Gasteiger charge is 2.31. The lowest BCUT2D eigenvalue weighted by Crippen LogP contribution is -2.37. The standard InChI is InChI=1S/C21H18FN3O2/c22-16-6-3-4-14(10-16)12-25-13-17(11-20(25)26)23-21(27)19-9-8-15-5-1-2-7-18(15)24-19/h1-10,17H,11-13H2,(H,23,27). The average Bonchev–Trinajstić information content (AvgIpc) is 3.00. The zero-order valence-corrected chi connectivity index (χ0v) is 14.6. The molecule has 2 amide bonds. The molecule has 0 radical (unpaired) electrons. The molecule has 4 rings (SSSR count). The second-order valence-electron chi connectivity index (χ2n) is 6.67. The Hall–Kier alpha value is -3.28. The molecule has 0 aliphatic carbocycles.